The van der Waals surface area contributed by atoms with E-state index < -0.39 is 5.97 Å². The summed E-state index contributed by atoms with van der Waals surface area (Å²) in [6.45, 7) is 2.75. The quantitative estimate of drug-likeness (QED) is 0.779. The van der Waals surface area contributed by atoms with Gasteiger partial charge in [0.25, 0.3) is 0 Å². The Hall–Kier alpha value is -2.14. The molecule has 1 heterocycles. The van der Waals surface area contributed by atoms with E-state index in [0.717, 1.165) is 6.42 Å². The SMILES string of the molecule is CC(CNC(=O)CCc1ccccc1C(=O)O)Cc1cccs1. The smallest absolute Gasteiger partial charge is 0.335 e. The summed E-state index contributed by atoms with van der Waals surface area (Å²) in [5, 5.41) is 14.1. The highest BCUT2D eigenvalue weighted by Crippen LogP contribution is 2.14. The van der Waals surface area contributed by atoms with E-state index in [2.05, 4.69) is 23.7 Å². The van der Waals surface area contributed by atoms with Crippen LogP contribution in [0.5, 0.6) is 0 Å². The van der Waals surface area contributed by atoms with Crippen LogP contribution in [0.2, 0.25) is 0 Å². The number of benzene rings is 1. The first kappa shape index (κ1) is 17.2. The molecule has 0 radical (unpaired) electrons. The second-order valence-electron chi connectivity index (χ2n) is 5.66. The molecule has 0 fully saturated rings. The molecule has 2 aromatic rings. The molecular formula is C18H21NO3S. The second kappa shape index (κ2) is 8.48. The lowest BCUT2D eigenvalue weighted by Gasteiger charge is -2.12. The van der Waals surface area contributed by atoms with Gasteiger partial charge in [-0.3, -0.25) is 4.79 Å². The van der Waals surface area contributed by atoms with E-state index in [9.17, 15) is 9.59 Å². The van der Waals surface area contributed by atoms with E-state index in [1.54, 1.807) is 35.6 Å². The fraction of sp³-hybridized carbons (Fsp3) is 0.333. The summed E-state index contributed by atoms with van der Waals surface area (Å²) in [4.78, 5) is 24.4. The minimum absolute atomic E-state index is 0.0387. The van der Waals surface area contributed by atoms with Crippen molar-refractivity contribution in [2.45, 2.75) is 26.2 Å². The first-order chi connectivity index (χ1) is 11.1. The molecule has 23 heavy (non-hydrogen) atoms. The van der Waals surface area contributed by atoms with Crippen LogP contribution in [0.15, 0.2) is 41.8 Å². The van der Waals surface area contributed by atoms with Crippen LogP contribution in [-0.4, -0.2) is 23.5 Å². The standard InChI is InChI=1S/C18H21NO3S/c1-13(11-15-6-4-10-23-15)12-19-17(20)9-8-14-5-2-3-7-16(14)18(21)22/h2-7,10,13H,8-9,11-12H2,1H3,(H,19,20)(H,21,22). The Bertz CT molecular complexity index is 652. The van der Waals surface area contributed by atoms with Crippen molar-refractivity contribution in [1.29, 1.82) is 0 Å². The Labute approximate surface area is 140 Å². The highest BCUT2D eigenvalue weighted by atomic mass is 32.1. The van der Waals surface area contributed by atoms with E-state index >= 15 is 0 Å². The molecule has 0 aliphatic heterocycles. The Morgan fingerprint density at radius 2 is 2.00 bits per heavy atom. The van der Waals surface area contributed by atoms with Crippen LogP contribution in [0.1, 0.15) is 34.1 Å². The molecule has 0 bridgehead atoms. The molecule has 0 aliphatic rings. The summed E-state index contributed by atoms with van der Waals surface area (Å²) < 4.78 is 0. The van der Waals surface area contributed by atoms with Crippen molar-refractivity contribution in [3.8, 4) is 0 Å². The van der Waals surface area contributed by atoms with Crippen molar-refractivity contribution in [3.63, 3.8) is 0 Å². The van der Waals surface area contributed by atoms with Crippen molar-refractivity contribution in [2.75, 3.05) is 6.54 Å². The highest BCUT2D eigenvalue weighted by molar-refractivity contribution is 7.09. The summed E-state index contributed by atoms with van der Waals surface area (Å²) >= 11 is 1.73. The van der Waals surface area contributed by atoms with Gasteiger partial charge in [0.05, 0.1) is 5.56 Å². The number of aromatic carboxylic acids is 1. The molecule has 1 unspecified atom stereocenters. The molecule has 122 valence electrons. The summed E-state index contributed by atoms with van der Waals surface area (Å²) in [5.41, 5.74) is 0.966. The van der Waals surface area contributed by atoms with Gasteiger partial charge in [-0.2, -0.15) is 0 Å². The third kappa shape index (κ3) is 5.53. The Kier molecular flexibility index (Phi) is 6.35. The van der Waals surface area contributed by atoms with Crippen LogP contribution in [0, 0.1) is 5.92 Å². The van der Waals surface area contributed by atoms with Crippen LogP contribution in [0.25, 0.3) is 0 Å². The zero-order valence-corrected chi connectivity index (χ0v) is 13.9. The van der Waals surface area contributed by atoms with Gasteiger partial charge in [0.2, 0.25) is 5.91 Å². The maximum Gasteiger partial charge on any atom is 0.335 e. The number of carbonyl (C=O) groups is 2. The summed E-state index contributed by atoms with van der Waals surface area (Å²) in [6.07, 6.45) is 1.70. The topological polar surface area (TPSA) is 66.4 Å². The van der Waals surface area contributed by atoms with Crippen molar-refractivity contribution in [1.82, 2.24) is 5.32 Å². The van der Waals surface area contributed by atoms with E-state index in [0.29, 0.717) is 30.9 Å². The normalized spacial score (nSPS) is 11.9. The van der Waals surface area contributed by atoms with Gasteiger partial charge < -0.3 is 10.4 Å². The maximum atomic E-state index is 11.9. The van der Waals surface area contributed by atoms with Crippen molar-refractivity contribution in [2.24, 2.45) is 5.92 Å². The zero-order chi connectivity index (χ0) is 16.7. The average Bonchev–Trinajstić information content (AvgIpc) is 3.04. The van der Waals surface area contributed by atoms with Gasteiger partial charge >= 0.3 is 5.97 Å². The number of rotatable bonds is 8. The summed E-state index contributed by atoms with van der Waals surface area (Å²) in [6, 6.07) is 11.0. The van der Waals surface area contributed by atoms with Gasteiger partial charge in [0, 0.05) is 17.8 Å². The number of carboxylic acid groups (broad SMARTS) is 1. The van der Waals surface area contributed by atoms with E-state index in [-0.39, 0.29) is 11.5 Å². The monoisotopic (exact) mass is 331 g/mol. The average molecular weight is 331 g/mol. The van der Waals surface area contributed by atoms with E-state index in [1.807, 2.05) is 6.07 Å². The predicted molar refractivity (Wildman–Crippen MR) is 91.9 cm³/mol. The fourth-order valence-corrected chi connectivity index (χ4v) is 3.29. The Morgan fingerprint density at radius 1 is 1.22 bits per heavy atom. The molecule has 1 atom stereocenters. The van der Waals surface area contributed by atoms with Crippen molar-refractivity contribution < 1.29 is 14.7 Å². The molecule has 2 rings (SSSR count). The number of nitrogens with one attached hydrogen (secondary N) is 1. The lowest BCUT2D eigenvalue weighted by Crippen LogP contribution is -2.29. The fourth-order valence-electron chi connectivity index (χ4n) is 2.42. The minimum Gasteiger partial charge on any atom is -0.478 e. The number of amides is 1. The van der Waals surface area contributed by atoms with Gasteiger partial charge in [0.15, 0.2) is 0 Å². The Morgan fingerprint density at radius 3 is 2.70 bits per heavy atom. The number of carbonyl (C=O) groups excluding carboxylic acids is 1. The lowest BCUT2D eigenvalue weighted by molar-refractivity contribution is -0.121. The molecule has 2 N–H and O–H groups in total. The van der Waals surface area contributed by atoms with Gasteiger partial charge in [0.1, 0.15) is 0 Å². The zero-order valence-electron chi connectivity index (χ0n) is 13.1. The first-order valence-corrected chi connectivity index (χ1v) is 8.54. The molecular weight excluding hydrogens is 310 g/mol. The second-order valence-corrected chi connectivity index (χ2v) is 6.69. The van der Waals surface area contributed by atoms with Crippen LogP contribution >= 0.6 is 11.3 Å². The largest absolute Gasteiger partial charge is 0.478 e. The predicted octanol–water partition coefficient (Wildman–Crippen LogP) is 3.37. The molecule has 1 aromatic carbocycles. The van der Waals surface area contributed by atoms with Gasteiger partial charge in [-0.05, 0) is 41.8 Å². The molecule has 0 saturated carbocycles. The van der Waals surface area contributed by atoms with Gasteiger partial charge in [-0.25, -0.2) is 4.79 Å². The number of hydrogen-bond acceptors (Lipinski definition) is 3. The number of aryl methyl sites for hydroxylation is 1. The van der Waals surface area contributed by atoms with Crippen LogP contribution < -0.4 is 5.32 Å². The number of carboxylic acids is 1. The summed E-state index contributed by atoms with van der Waals surface area (Å²) in [5.74, 6) is -0.613. The van der Waals surface area contributed by atoms with E-state index in [4.69, 9.17) is 5.11 Å². The minimum atomic E-state index is -0.953. The van der Waals surface area contributed by atoms with Gasteiger partial charge in [-0.1, -0.05) is 31.2 Å². The number of hydrogen-bond donors (Lipinski definition) is 2. The molecule has 0 spiro atoms. The van der Waals surface area contributed by atoms with Crippen LogP contribution in [0.4, 0.5) is 0 Å². The Balaban J connectivity index is 1.76. The summed E-state index contributed by atoms with van der Waals surface area (Å²) in [7, 11) is 0. The van der Waals surface area contributed by atoms with Crippen LogP contribution in [-0.2, 0) is 17.6 Å². The maximum absolute atomic E-state index is 11.9. The van der Waals surface area contributed by atoms with E-state index in [1.165, 1.54) is 4.88 Å². The van der Waals surface area contributed by atoms with Gasteiger partial charge in [-0.15, -0.1) is 11.3 Å². The molecule has 4 nitrogen and oxygen atoms in total. The lowest BCUT2D eigenvalue weighted by atomic mass is 10.0. The third-order valence-corrected chi connectivity index (χ3v) is 4.55. The van der Waals surface area contributed by atoms with Crippen LogP contribution in [0.3, 0.4) is 0 Å². The first-order valence-electron chi connectivity index (χ1n) is 7.66. The molecule has 5 heteroatoms. The molecule has 1 amide bonds. The number of thiophene rings is 1. The molecule has 0 saturated heterocycles. The third-order valence-electron chi connectivity index (χ3n) is 3.65. The molecule has 1 aromatic heterocycles. The van der Waals surface area contributed by atoms with Crippen molar-refractivity contribution >= 4 is 23.2 Å². The highest BCUT2D eigenvalue weighted by Gasteiger charge is 2.11. The van der Waals surface area contributed by atoms with Crippen molar-refractivity contribution in [3.05, 3.63) is 57.8 Å². The molecule has 0 aliphatic carbocycles.